The lowest BCUT2D eigenvalue weighted by atomic mass is 10.1. The van der Waals surface area contributed by atoms with Crippen LogP contribution in [-0.2, 0) is 28.6 Å². The van der Waals surface area contributed by atoms with E-state index in [9.17, 15) is 19.5 Å². The maximum atomic E-state index is 13.9. The van der Waals surface area contributed by atoms with Crippen molar-refractivity contribution in [3.63, 3.8) is 0 Å². The molecule has 588 valence electrons. The molecule has 14 heterocycles. The summed E-state index contributed by atoms with van der Waals surface area (Å²) in [4.78, 5) is 70.9. The highest BCUT2D eigenvalue weighted by Gasteiger charge is 2.32. The van der Waals surface area contributed by atoms with Crippen LogP contribution < -0.4 is 41.8 Å². The second-order valence-electron chi connectivity index (χ2n) is 26.4. The summed E-state index contributed by atoms with van der Waals surface area (Å²) in [5.74, 6) is 3.62. The molecule has 0 bridgehead atoms. The number of furan rings is 3. The zero-order valence-corrected chi connectivity index (χ0v) is 63.2. The van der Waals surface area contributed by atoms with Crippen LogP contribution in [-0.4, -0.2) is 216 Å². The van der Waals surface area contributed by atoms with Crippen LogP contribution in [0, 0.1) is 0 Å². The van der Waals surface area contributed by atoms with E-state index in [-0.39, 0.29) is 29.7 Å². The number of carboxylic acid groups (broad SMARTS) is 1. The number of esters is 1. The Kier molecular flexibility index (Phi) is 25.0. The molecule has 2 aliphatic rings. The molecular weight excluding hydrogens is 1440 g/mol. The van der Waals surface area contributed by atoms with Crippen molar-refractivity contribution < 1.29 is 56.4 Å². The van der Waals surface area contributed by atoms with Crippen LogP contribution in [0.2, 0.25) is 0 Å². The monoisotopic (exact) mass is 1530 g/mol. The van der Waals surface area contributed by atoms with Crippen LogP contribution in [0.3, 0.4) is 0 Å². The molecule has 1 amide bonds. The number of rotatable bonds is 28. The smallest absolute Gasteiger partial charge is 0.330 e. The van der Waals surface area contributed by atoms with Gasteiger partial charge in [0.05, 0.1) is 55.3 Å². The number of nitrogens with zero attached hydrogens (tertiary/aromatic N) is 21. The number of anilines is 5. The molecule has 2 aromatic carbocycles. The topological polar surface area (TPSA) is 440 Å². The highest BCUT2D eigenvalue weighted by Crippen LogP contribution is 2.32. The van der Waals surface area contributed by atoms with Crippen LogP contribution >= 0.6 is 0 Å². The lowest BCUT2D eigenvalue weighted by Crippen LogP contribution is -2.50. The number of methoxy groups -OCH3 is 3. The third-order valence-corrected chi connectivity index (χ3v) is 18.9. The maximum Gasteiger partial charge on any atom is 0.330 e. The first-order chi connectivity index (χ1) is 54.6. The Balaban J connectivity index is 0.000000137. The van der Waals surface area contributed by atoms with E-state index in [1.807, 2.05) is 42.3 Å². The molecule has 16 rings (SSSR count). The van der Waals surface area contributed by atoms with Gasteiger partial charge in [0.1, 0.15) is 42.8 Å². The number of nitrogen functional groups attached to an aromatic ring is 3. The van der Waals surface area contributed by atoms with Crippen LogP contribution in [0.4, 0.5) is 29.2 Å². The fourth-order valence-electron chi connectivity index (χ4n) is 13.0. The van der Waals surface area contributed by atoms with Gasteiger partial charge in [-0.05, 0) is 104 Å². The molecule has 2 aliphatic heterocycles. The van der Waals surface area contributed by atoms with Crippen LogP contribution in [0.25, 0.3) is 84.8 Å². The average molecular weight is 1530 g/mol. The van der Waals surface area contributed by atoms with Crippen molar-refractivity contribution in [3.8, 4) is 46.3 Å². The Labute approximate surface area is 641 Å². The predicted octanol–water partition coefficient (Wildman–Crippen LogP) is 8.90. The standard InChI is InChI=1S/C29H35N9O4.C17H19N7O3.C16H17N7O3.C13H20N2O2/c1-3-4-6-23(28(39)36-14-12-35(13-15-36)20-8-10-21(11-9-20)41-18-17-40-2)37-19-22-25(33-37)32-29(30)38-27(22)31-26(34-38)24-7-5-16-42-24;1-3-4-6-11(16(25)26-2)23-9-10-13(21-23)20-17(18)24-15(10)19-14(22-24)12-7-5-8-27-12;1-2-3-5-10(15(24)25)22-8-9-12(20-22)19-16(17)23-14(9)18-13(21-23)11-6-4-7-26-11;1-16-10-11-17-13-4-2-12(3-5-13)15-8-6-14-7-9-15/h5,7-11,16,19,23H,3-4,6,12-15,17-18H2,1-2H3,(H2,30,32,33);5,7-9,11H,3-4,6H2,1-2H3,(H2,18,20,21);4,6-8,10H,2-3,5H2,1H3,(H,24,25)(H2,17,19,20);2-5,14H,6-11H2,1H3. The van der Waals surface area contributed by atoms with Gasteiger partial charge in [0.15, 0.2) is 51.2 Å². The number of carbonyl (C=O) groups excluding carboxylic acids is 2. The number of hydrogen-bond acceptors (Lipinski definition) is 29. The minimum atomic E-state index is -0.937. The molecule has 3 atom stereocenters. The molecule has 3 unspecified atom stereocenters. The maximum absolute atomic E-state index is 13.9. The van der Waals surface area contributed by atoms with Gasteiger partial charge in [-0.1, -0.05) is 59.3 Å². The lowest BCUT2D eigenvalue weighted by molar-refractivity contribution is -0.145. The van der Waals surface area contributed by atoms with Crippen molar-refractivity contribution in [1.82, 2.24) is 98.3 Å². The molecule has 0 spiro atoms. The summed E-state index contributed by atoms with van der Waals surface area (Å²) in [6.07, 6.45) is 17.0. The van der Waals surface area contributed by atoms with Gasteiger partial charge in [0.25, 0.3) is 0 Å². The minimum Gasteiger partial charge on any atom is -0.491 e. The van der Waals surface area contributed by atoms with E-state index in [1.54, 1.807) is 84.9 Å². The molecule has 2 fully saturated rings. The molecule has 2 saturated heterocycles. The average Bonchev–Trinajstić information content (AvgIpc) is 1.61. The van der Waals surface area contributed by atoms with Crippen molar-refractivity contribution in [2.75, 3.05) is 127 Å². The molecule has 12 aromatic heterocycles. The number of aliphatic carboxylic acids is 1. The first-order valence-electron chi connectivity index (χ1n) is 37.2. The van der Waals surface area contributed by atoms with Crippen LogP contribution in [0.1, 0.15) is 96.7 Å². The zero-order chi connectivity index (χ0) is 78.2. The van der Waals surface area contributed by atoms with Gasteiger partial charge >= 0.3 is 11.9 Å². The number of amides is 1. The molecule has 37 heteroatoms. The number of hydrogen-bond donors (Lipinski definition) is 5. The van der Waals surface area contributed by atoms with E-state index in [2.05, 4.69) is 109 Å². The summed E-state index contributed by atoms with van der Waals surface area (Å²) in [5, 5.41) is 41.3. The molecule has 8 N–H and O–H groups in total. The number of aromatic nitrogens is 18. The zero-order valence-electron chi connectivity index (χ0n) is 63.2. The van der Waals surface area contributed by atoms with Crippen molar-refractivity contribution in [3.05, 3.63) is 122 Å². The van der Waals surface area contributed by atoms with Crippen molar-refractivity contribution >= 4 is 97.1 Å². The molecule has 112 heavy (non-hydrogen) atoms. The SMILES string of the molecule is CCCCC(C(=O)N1CCN(c2ccc(OCCOC)cc2)CC1)n1cc2c(nc(N)n3nc(-c4ccco4)nc23)n1.CCCCC(C(=O)O)n1cc2c(nc(N)n3nc(-c4ccco4)nc23)n1.CCCCC(C(=O)OC)n1cc2c(nc(N)n3nc(-c4ccco4)nc23)n1.COCCOc1ccc(N2CCNCC2)cc1. The van der Waals surface area contributed by atoms with E-state index in [0.717, 1.165) is 95.0 Å². The predicted molar refractivity (Wildman–Crippen MR) is 415 cm³/mol. The Morgan fingerprint density at radius 2 is 0.848 bits per heavy atom. The van der Waals surface area contributed by atoms with E-state index in [4.69, 9.17) is 59.2 Å². The molecule has 0 aliphatic carbocycles. The third kappa shape index (κ3) is 17.6. The highest BCUT2D eigenvalue weighted by atomic mass is 16.5. The Hall–Kier alpha value is -12.8. The lowest BCUT2D eigenvalue weighted by Gasteiger charge is -2.37. The van der Waals surface area contributed by atoms with Gasteiger partial charge in [-0.3, -0.25) is 18.8 Å². The first kappa shape index (κ1) is 77.4. The van der Waals surface area contributed by atoms with E-state index in [1.165, 1.54) is 37.3 Å². The molecule has 37 nitrogen and oxygen atoms in total. The summed E-state index contributed by atoms with van der Waals surface area (Å²) in [6.45, 7) is 15.5. The summed E-state index contributed by atoms with van der Waals surface area (Å²) < 4.78 is 51.3. The number of nitrogens with two attached hydrogens (primary N) is 3. The number of carbonyl (C=O) groups is 3. The van der Waals surface area contributed by atoms with Gasteiger partial charge in [0, 0.05) is 96.5 Å². The number of fused-ring (bicyclic) bond motifs is 9. The Morgan fingerprint density at radius 1 is 0.473 bits per heavy atom. The van der Waals surface area contributed by atoms with Crippen molar-refractivity contribution in [1.29, 1.82) is 0 Å². The third-order valence-electron chi connectivity index (χ3n) is 18.9. The fourth-order valence-corrected chi connectivity index (χ4v) is 13.0. The summed E-state index contributed by atoms with van der Waals surface area (Å²) >= 11 is 0. The Morgan fingerprint density at radius 3 is 1.21 bits per heavy atom. The number of unbranched alkanes of at least 4 members (excludes halogenated alkanes) is 3. The normalized spacial score (nSPS) is 13.9. The van der Waals surface area contributed by atoms with E-state index in [0.29, 0.717) is 144 Å². The van der Waals surface area contributed by atoms with Gasteiger partial charge in [-0.25, -0.2) is 24.5 Å². The molecule has 14 aromatic rings. The number of ether oxygens (including phenoxy) is 5. The van der Waals surface area contributed by atoms with E-state index >= 15 is 0 Å². The van der Waals surface area contributed by atoms with Gasteiger partial charge in [-0.15, -0.1) is 15.3 Å². The summed E-state index contributed by atoms with van der Waals surface area (Å²) in [7, 11) is 4.70. The van der Waals surface area contributed by atoms with Crippen molar-refractivity contribution in [2.24, 2.45) is 0 Å². The first-order valence-corrected chi connectivity index (χ1v) is 37.2. The van der Waals surface area contributed by atoms with Gasteiger partial charge in [0.2, 0.25) is 41.2 Å². The van der Waals surface area contributed by atoms with Gasteiger partial charge < -0.3 is 79.3 Å². The molecule has 0 radical (unpaired) electrons. The largest absolute Gasteiger partial charge is 0.491 e. The van der Waals surface area contributed by atoms with Crippen LogP contribution in [0.15, 0.2) is 136 Å². The highest BCUT2D eigenvalue weighted by molar-refractivity contribution is 5.93. The second kappa shape index (κ2) is 36.2. The number of carboxylic acids is 1. The number of nitrogens with one attached hydrogen (secondary N) is 1. The Bertz CT molecular complexity index is 5390. The quantitative estimate of drug-likeness (QED) is 0.0225. The molecular formula is C75H91N25O12. The number of piperazine rings is 2. The van der Waals surface area contributed by atoms with Crippen LogP contribution in [0.5, 0.6) is 11.5 Å². The van der Waals surface area contributed by atoms with Gasteiger partial charge in [-0.2, -0.15) is 43.8 Å². The minimum absolute atomic E-state index is 0.0551. The second-order valence-corrected chi connectivity index (χ2v) is 26.4. The summed E-state index contributed by atoms with van der Waals surface area (Å²) in [5.41, 5.74) is 23.2. The van der Waals surface area contributed by atoms with Crippen molar-refractivity contribution in [2.45, 2.75) is 96.7 Å². The molecule has 0 saturated carbocycles. The summed E-state index contributed by atoms with van der Waals surface area (Å²) in [6, 6.07) is 25.1. The van der Waals surface area contributed by atoms with E-state index < -0.39 is 24.1 Å². The fraction of sp³-hybridized carbons (Fsp3) is 0.400. The number of benzene rings is 2.